The van der Waals surface area contributed by atoms with E-state index in [4.69, 9.17) is 4.74 Å². The van der Waals surface area contributed by atoms with Crippen LogP contribution >= 0.6 is 0 Å². The number of nitro benzene ring substituents is 1. The van der Waals surface area contributed by atoms with Crippen LogP contribution in [0, 0.1) is 10.1 Å². The van der Waals surface area contributed by atoms with Gasteiger partial charge >= 0.3 is 0 Å². The molecular formula is C13H15N3O7. The van der Waals surface area contributed by atoms with E-state index in [0.717, 1.165) is 0 Å². The third-order valence-electron chi connectivity index (χ3n) is 3.84. The van der Waals surface area contributed by atoms with Crippen molar-refractivity contribution >= 4 is 16.6 Å². The first kappa shape index (κ1) is 15.8. The summed E-state index contributed by atoms with van der Waals surface area (Å²) in [6.45, 7) is -0.548. The molecule has 0 amide bonds. The molecule has 0 bridgehead atoms. The molecule has 2 heterocycles. The summed E-state index contributed by atoms with van der Waals surface area (Å²) in [6.07, 6.45) is -5.23. The zero-order valence-electron chi connectivity index (χ0n) is 11.8. The summed E-state index contributed by atoms with van der Waals surface area (Å²) in [6, 6.07) is 4.07. The largest absolute Gasteiger partial charge is 0.394 e. The Balaban J connectivity index is 1.96. The van der Waals surface area contributed by atoms with E-state index in [1.54, 1.807) is 0 Å². The number of hydrogen-bond donors (Lipinski definition) is 4. The van der Waals surface area contributed by atoms with E-state index in [0.29, 0.717) is 10.9 Å². The second-order valence-corrected chi connectivity index (χ2v) is 5.33. The fraction of sp³-hybridized carbons (Fsp3) is 0.462. The highest BCUT2D eigenvalue weighted by Gasteiger charge is 2.44. The van der Waals surface area contributed by atoms with Crippen LogP contribution in [0.15, 0.2) is 24.4 Å². The minimum atomic E-state index is -1.52. The molecule has 0 aliphatic carbocycles. The standard InChI is InChI=1S/C13H15N3O7/c17-5-9-10(18)11(19)12(20)13(23-9)15-4-6-3-7(16(21)22)1-2-8(6)14-15/h1-4,9-13,17-20H,5H2/t9-,10+,11+,12-,13+/m1/s1. The normalized spacial score (nSPS) is 31.4. The number of hydrogen-bond acceptors (Lipinski definition) is 8. The highest BCUT2D eigenvalue weighted by molar-refractivity contribution is 5.80. The van der Waals surface area contributed by atoms with Crippen LogP contribution in [0.1, 0.15) is 6.23 Å². The van der Waals surface area contributed by atoms with Gasteiger partial charge in [0.05, 0.1) is 17.0 Å². The number of aromatic nitrogens is 2. The predicted molar refractivity (Wildman–Crippen MR) is 75.4 cm³/mol. The van der Waals surface area contributed by atoms with Crippen molar-refractivity contribution < 1.29 is 30.1 Å². The van der Waals surface area contributed by atoms with E-state index in [-0.39, 0.29) is 5.69 Å². The minimum absolute atomic E-state index is 0.106. The van der Waals surface area contributed by atoms with Crippen LogP contribution in [0.3, 0.4) is 0 Å². The molecule has 1 fully saturated rings. The highest BCUT2D eigenvalue weighted by Crippen LogP contribution is 2.29. The molecule has 10 nitrogen and oxygen atoms in total. The summed E-state index contributed by atoms with van der Waals surface area (Å²) in [7, 11) is 0. The van der Waals surface area contributed by atoms with Crippen molar-refractivity contribution in [2.75, 3.05) is 6.61 Å². The van der Waals surface area contributed by atoms with Crippen molar-refractivity contribution in [3.05, 3.63) is 34.5 Å². The van der Waals surface area contributed by atoms with Crippen molar-refractivity contribution in [2.45, 2.75) is 30.6 Å². The Kier molecular flexibility index (Phi) is 4.00. The molecule has 10 heteroatoms. The SMILES string of the molecule is O=[N+]([O-])c1ccc2nn([C@H]3O[C@H](CO)[C@H](O)[C@H](O)[C@H]3O)cc2c1. The smallest absolute Gasteiger partial charge is 0.270 e. The van der Waals surface area contributed by atoms with E-state index in [1.165, 1.54) is 29.1 Å². The third-order valence-corrected chi connectivity index (χ3v) is 3.84. The number of nitro groups is 1. The van der Waals surface area contributed by atoms with Crippen molar-refractivity contribution in [3.8, 4) is 0 Å². The lowest BCUT2D eigenvalue weighted by Crippen LogP contribution is -2.56. The molecule has 1 aliphatic rings. The first-order valence-corrected chi connectivity index (χ1v) is 6.86. The van der Waals surface area contributed by atoms with Gasteiger partial charge in [-0.25, -0.2) is 4.68 Å². The number of aliphatic hydroxyl groups is 4. The molecule has 23 heavy (non-hydrogen) atoms. The van der Waals surface area contributed by atoms with Crippen LogP contribution in [-0.4, -0.2) is 66.2 Å². The first-order valence-electron chi connectivity index (χ1n) is 6.86. The zero-order valence-corrected chi connectivity index (χ0v) is 11.8. The molecule has 1 aromatic carbocycles. The number of non-ortho nitro benzene ring substituents is 1. The summed E-state index contributed by atoms with van der Waals surface area (Å²) in [5.41, 5.74) is 0.332. The van der Waals surface area contributed by atoms with Gasteiger partial charge in [-0.3, -0.25) is 10.1 Å². The molecule has 1 aliphatic heterocycles. The molecule has 1 aromatic heterocycles. The quantitative estimate of drug-likeness (QED) is 0.411. The van der Waals surface area contributed by atoms with Gasteiger partial charge in [-0.05, 0) is 6.07 Å². The number of nitrogens with zero attached hydrogens (tertiary/aromatic N) is 3. The number of ether oxygens (including phenoxy) is 1. The number of benzene rings is 1. The van der Waals surface area contributed by atoms with Gasteiger partial charge in [-0.1, -0.05) is 0 Å². The van der Waals surface area contributed by atoms with Crippen LogP contribution in [0.25, 0.3) is 10.9 Å². The predicted octanol–water partition coefficient (Wildman–Crippen LogP) is -1.08. The topological polar surface area (TPSA) is 151 Å². The second kappa shape index (κ2) is 5.83. The van der Waals surface area contributed by atoms with E-state index in [9.17, 15) is 30.5 Å². The van der Waals surface area contributed by atoms with Crippen LogP contribution in [-0.2, 0) is 4.74 Å². The van der Waals surface area contributed by atoms with Gasteiger partial charge in [0.1, 0.15) is 24.4 Å². The monoisotopic (exact) mass is 325 g/mol. The van der Waals surface area contributed by atoms with Crippen LogP contribution < -0.4 is 0 Å². The lowest BCUT2D eigenvalue weighted by Gasteiger charge is -2.39. The van der Waals surface area contributed by atoms with Crippen molar-refractivity contribution in [1.82, 2.24) is 9.78 Å². The Morgan fingerprint density at radius 3 is 2.65 bits per heavy atom. The minimum Gasteiger partial charge on any atom is -0.394 e. The maximum atomic E-state index is 10.8. The average molecular weight is 325 g/mol. The Hall–Kier alpha value is -2.11. The van der Waals surface area contributed by atoms with Gasteiger partial charge in [0, 0.05) is 23.7 Å². The molecule has 124 valence electrons. The van der Waals surface area contributed by atoms with Crippen molar-refractivity contribution in [1.29, 1.82) is 0 Å². The average Bonchev–Trinajstić information content (AvgIpc) is 2.95. The maximum Gasteiger partial charge on any atom is 0.270 e. The summed E-state index contributed by atoms with van der Waals surface area (Å²) in [4.78, 5) is 10.3. The lowest BCUT2D eigenvalue weighted by atomic mass is 9.98. The van der Waals surface area contributed by atoms with Crippen LogP contribution in [0.5, 0.6) is 0 Å². The fourth-order valence-corrected chi connectivity index (χ4v) is 2.58. The van der Waals surface area contributed by atoms with E-state index in [2.05, 4.69) is 5.10 Å². The number of rotatable bonds is 3. The van der Waals surface area contributed by atoms with Crippen LogP contribution in [0.2, 0.25) is 0 Å². The van der Waals surface area contributed by atoms with E-state index in [1.807, 2.05) is 0 Å². The van der Waals surface area contributed by atoms with Crippen LogP contribution in [0.4, 0.5) is 5.69 Å². The van der Waals surface area contributed by atoms with E-state index < -0.39 is 42.2 Å². The fourth-order valence-electron chi connectivity index (χ4n) is 2.58. The van der Waals surface area contributed by atoms with Gasteiger partial charge < -0.3 is 25.2 Å². The van der Waals surface area contributed by atoms with Crippen molar-refractivity contribution in [3.63, 3.8) is 0 Å². The second-order valence-electron chi connectivity index (χ2n) is 5.33. The molecular weight excluding hydrogens is 310 g/mol. The molecule has 3 rings (SSSR count). The Bertz CT molecular complexity index is 731. The first-order chi connectivity index (χ1) is 10.9. The van der Waals surface area contributed by atoms with Gasteiger partial charge in [0.2, 0.25) is 0 Å². The van der Waals surface area contributed by atoms with Gasteiger partial charge in [0.15, 0.2) is 6.23 Å². The highest BCUT2D eigenvalue weighted by atomic mass is 16.6. The van der Waals surface area contributed by atoms with Gasteiger partial charge in [0.25, 0.3) is 5.69 Å². The molecule has 5 atom stereocenters. The number of aliphatic hydroxyl groups excluding tert-OH is 4. The molecule has 1 saturated heterocycles. The van der Waals surface area contributed by atoms with E-state index >= 15 is 0 Å². The summed E-state index contributed by atoms with van der Waals surface area (Å²) in [5, 5.41) is 54.2. The Morgan fingerprint density at radius 1 is 1.26 bits per heavy atom. The summed E-state index contributed by atoms with van der Waals surface area (Å²) < 4.78 is 6.59. The molecule has 0 unspecified atom stereocenters. The van der Waals surface area contributed by atoms with Gasteiger partial charge in [-0.2, -0.15) is 5.10 Å². The Morgan fingerprint density at radius 2 is 2.00 bits per heavy atom. The summed E-state index contributed by atoms with van der Waals surface area (Å²) in [5.74, 6) is 0. The Labute approximate surface area is 129 Å². The molecule has 2 aromatic rings. The molecule has 0 radical (unpaired) electrons. The number of fused-ring (bicyclic) bond motifs is 1. The third kappa shape index (κ3) is 2.66. The maximum absolute atomic E-state index is 10.8. The summed E-state index contributed by atoms with van der Waals surface area (Å²) >= 11 is 0. The molecule has 0 spiro atoms. The zero-order chi connectivity index (χ0) is 16.7. The lowest BCUT2D eigenvalue weighted by molar-refractivity contribution is -0.384. The van der Waals surface area contributed by atoms with Crippen molar-refractivity contribution in [2.24, 2.45) is 0 Å². The molecule has 0 saturated carbocycles. The van der Waals surface area contributed by atoms with Gasteiger partial charge in [-0.15, -0.1) is 0 Å². The molecule has 4 N–H and O–H groups in total.